The van der Waals surface area contributed by atoms with Crippen molar-refractivity contribution in [1.29, 1.82) is 0 Å². The Morgan fingerprint density at radius 3 is 2.53 bits per heavy atom. The summed E-state index contributed by atoms with van der Waals surface area (Å²) in [6.07, 6.45) is 0.765. The summed E-state index contributed by atoms with van der Waals surface area (Å²) in [4.78, 5) is 24.4. The molecule has 0 aromatic carbocycles. The van der Waals surface area contributed by atoms with Crippen LogP contribution in [0.4, 0.5) is 0 Å². The highest BCUT2D eigenvalue weighted by Crippen LogP contribution is 2.19. The maximum absolute atomic E-state index is 11.9. The number of carbonyl (C=O) groups excluding carboxylic acids is 1. The summed E-state index contributed by atoms with van der Waals surface area (Å²) in [6.45, 7) is 5.05. The van der Waals surface area contributed by atoms with E-state index in [1.54, 1.807) is 4.90 Å². The van der Waals surface area contributed by atoms with Crippen LogP contribution in [0.25, 0.3) is 0 Å². The highest BCUT2D eigenvalue weighted by atomic mass is 16.5. The number of amides is 1. The number of nitrogens with zero attached hydrogens (tertiary/aromatic N) is 1. The molecule has 15 heavy (non-hydrogen) atoms. The van der Waals surface area contributed by atoms with Gasteiger partial charge in [0, 0.05) is 19.7 Å². The third-order valence-corrected chi connectivity index (χ3v) is 2.58. The zero-order chi connectivity index (χ0) is 11.5. The molecule has 1 heterocycles. The van der Waals surface area contributed by atoms with Crippen molar-refractivity contribution < 1.29 is 19.4 Å². The lowest BCUT2D eigenvalue weighted by molar-refractivity contribution is -0.158. The summed E-state index contributed by atoms with van der Waals surface area (Å²) < 4.78 is 5.21. The van der Waals surface area contributed by atoms with E-state index in [4.69, 9.17) is 9.84 Å². The Hall–Kier alpha value is -1.10. The molecule has 1 aliphatic heterocycles. The Labute approximate surface area is 89.0 Å². The van der Waals surface area contributed by atoms with Crippen LogP contribution in [0.1, 0.15) is 20.3 Å². The lowest BCUT2D eigenvalue weighted by Crippen LogP contribution is -2.46. The largest absolute Gasteiger partial charge is 0.480 e. The fourth-order valence-corrected chi connectivity index (χ4v) is 1.44. The van der Waals surface area contributed by atoms with E-state index in [0.717, 1.165) is 6.42 Å². The Morgan fingerprint density at radius 1 is 1.27 bits per heavy atom. The van der Waals surface area contributed by atoms with Gasteiger partial charge in [-0.3, -0.25) is 9.59 Å². The third kappa shape index (κ3) is 2.68. The topological polar surface area (TPSA) is 66.8 Å². The fourth-order valence-electron chi connectivity index (χ4n) is 1.44. The zero-order valence-electron chi connectivity index (χ0n) is 9.15. The minimum Gasteiger partial charge on any atom is -0.480 e. The van der Waals surface area contributed by atoms with E-state index in [1.807, 2.05) is 0 Å². The number of hydrogen-bond acceptors (Lipinski definition) is 3. The van der Waals surface area contributed by atoms with Crippen molar-refractivity contribution in [3.63, 3.8) is 0 Å². The quantitative estimate of drug-likeness (QED) is 0.675. The summed E-state index contributed by atoms with van der Waals surface area (Å²) in [5.74, 6) is -1.42. The zero-order valence-corrected chi connectivity index (χ0v) is 9.15. The predicted octanol–water partition coefficient (Wildman–Crippen LogP) is 0.346. The molecule has 5 nitrogen and oxygen atoms in total. The van der Waals surface area contributed by atoms with Gasteiger partial charge in [0.1, 0.15) is 5.41 Å². The van der Waals surface area contributed by atoms with Gasteiger partial charge in [-0.05, 0) is 20.3 Å². The molecule has 0 radical (unpaired) electrons. The van der Waals surface area contributed by atoms with Crippen LogP contribution in [0.15, 0.2) is 0 Å². The number of carboxylic acid groups (broad SMARTS) is 1. The number of rotatable bonds is 2. The van der Waals surface area contributed by atoms with Crippen LogP contribution < -0.4 is 0 Å². The molecule has 5 heteroatoms. The summed E-state index contributed by atoms with van der Waals surface area (Å²) in [5, 5.41) is 8.93. The number of aliphatic carboxylic acids is 1. The number of ether oxygens (including phenoxy) is 1. The van der Waals surface area contributed by atoms with Gasteiger partial charge in [0.05, 0.1) is 6.61 Å². The Bertz CT molecular complexity index is 254. The maximum atomic E-state index is 11.9. The van der Waals surface area contributed by atoms with E-state index < -0.39 is 11.4 Å². The molecule has 0 saturated carbocycles. The number of carboxylic acids is 1. The molecule has 1 saturated heterocycles. The van der Waals surface area contributed by atoms with Gasteiger partial charge in [-0.15, -0.1) is 0 Å². The van der Waals surface area contributed by atoms with Gasteiger partial charge in [-0.1, -0.05) is 0 Å². The summed E-state index contributed by atoms with van der Waals surface area (Å²) in [5.41, 5.74) is -1.34. The van der Waals surface area contributed by atoms with Crippen molar-refractivity contribution in [3.05, 3.63) is 0 Å². The van der Waals surface area contributed by atoms with Gasteiger partial charge < -0.3 is 14.7 Å². The smallest absolute Gasteiger partial charge is 0.318 e. The van der Waals surface area contributed by atoms with E-state index in [9.17, 15) is 9.59 Å². The predicted molar refractivity (Wildman–Crippen MR) is 53.4 cm³/mol. The second kappa shape index (κ2) is 4.61. The standard InChI is InChI=1S/C10H17NO4/c1-10(2,9(13)14)8(12)11-4-3-6-15-7-5-11/h3-7H2,1-2H3,(H,13,14). The summed E-state index contributed by atoms with van der Waals surface area (Å²) >= 11 is 0. The SMILES string of the molecule is CC(C)(C(=O)O)C(=O)N1CCCOCC1. The third-order valence-electron chi connectivity index (χ3n) is 2.58. The Balaban J connectivity index is 2.69. The molecule has 0 aromatic rings. The van der Waals surface area contributed by atoms with E-state index in [2.05, 4.69) is 0 Å². The first-order valence-electron chi connectivity index (χ1n) is 5.07. The fraction of sp³-hybridized carbons (Fsp3) is 0.800. The van der Waals surface area contributed by atoms with Crippen molar-refractivity contribution in [2.24, 2.45) is 5.41 Å². The van der Waals surface area contributed by atoms with Gasteiger partial charge in [0.25, 0.3) is 0 Å². The second-order valence-electron chi connectivity index (χ2n) is 4.19. The molecular formula is C10H17NO4. The lowest BCUT2D eigenvalue weighted by Gasteiger charge is -2.27. The molecule has 0 atom stereocenters. The second-order valence-corrected chi connectivity index (χ2v) is 4.19. The van der Waals surface area contributed by atoms with Gasteiger partial charge in [-0.25, -0.2) is 0 Å². The Kier molecular flexibility index (Phi) is 3.68. The molecular weight excluding hydrogens is 198 g/mol. The van der Waals surface area contributed by atoms with Crippen LogP contribution in [-0.4, -0.2) is 48.2 Å². The minimum absolute atomic E-state index is 0.333. The molecule has 0 unspecified atom stereocenters. The van der Waals surface area contributed by atoms with E-state index in [0.29, 0.717) is 26.3 Å². The monoisotopic (exact) mass is 215 g/mol. The average Bonchev–Trinajstić information content (AvgIpc) is 2.44. The van der Waals surface area contributed by atoms with Crippen LogP contribution in [0.5, 0.6) is 0 Å². The van der Waals surface area contributed by atoms with Crippen LogP contribution >= 0.6 is 0 Å². The van der Waals surface area contributed by atoms with Gasteiger partial charge in [-0.2, -0.15) is 0 Å². The van der Waals surface area contributed by atoms with Crippen LogP contribution in [0.2, 0.25) is 0 Å². The molecule has 1 aliphatic rings. The molecule has 1 fully saturated rings. The summed E-state index contributed by atoms with van der Waals surface area (Å²) in [7, 11) is 0. The van der Waals surface area contributed by atoms with E-state index in [-0.39, 0.29) is 5.91 Å². The van der Waals surface area contributed by atoms with Gasteiger partial charge in [0.2, 0.25) is 5.91 Å². The van der Waals surface area contributed by atoms with Crippen LogP contribution in [-0.2, 0) is 14.3 Å². The van der Waals surface area contributed by atoms with Crippen molar-refractivity contribution in [3.8, 4) is 0 Å². The van der Waals surface area contributed by atoms with E-state index >= 15 is 0 Å². The molecule has 1 N–H and O–H groups in total. The van der Waals surface area contributed by atoms with Crippen molar-refractivity contribution in [2.75, 3.05) is 26.3 Å². The number of carbonyl (C=O) groups is 2. The minimum atomic E-state index is -1.34. The molecule has 0 aliphatic carbocycles. The molecule has 0 spiro atoms. The van der Waals surface area contributed by atoms with E-state index in [1.165, 1.54) is 13.8 Å². The lowest BCUT2D eigenvalue weighted by atomic mass is 9.92. The van der Waals surface area contributed by atoms with Crippen molar-refractivity contribution in [1.82, 2.24) is 4.90 Å². The molecule has 0 bridgehead atoms. The van der Waals surface area contributed by atoms with Crippen molar-refractivity contribution in [2.45, 2.75) is 20.3 Å². The van der Waals surface area contributed by atoms with Gasteiger partial charge in [0.15, 0.2) is 0 Å². The first-order valence-corrected chi connectivity index (χ1v) is 5.07. The first-order chi connectivity index (χ1) is 6.96. The maximum Gasteiger partial charge on any atom is 0.318 e. The van der Waals surface area contributed by atoms with Crippen LogP contribution in [0.3, 0.4) is 0 Å². The molecule has 86 valence electrons. The average molecular weight is 215 g/mol. The molecule has 1 amide bonds. The highest BCUT2D eigenvalue weighted by Gasteiger charge is 2.39. The summed E-state index contributed by atoms with van der Waals surface area (Å²) in [6, 6.07) is 0. The van der Waals surface area contributed by atoms with Gasteiger partial charge >= 0.3 is 5.97 Å². The first kappa shape index (κ1) is 12.0. The number of hydrogen-bond donors (Lipinski definition) is 1. The highest BCUT2D eigenvalue weighted by molar-refractivity contribution is 6.00. The Morgan fingerprint density at radius 2 is 1.93 bits per heavy atom. The van der Waals surface area contributed by atoms with Crippen LogP contribution in [0, 0.1) is 5.41 Å². The van der Waals surface area contributed by atoms with Crippen molar-refractivity contribution >= 4 is 11.9 Å². The normalized spacial score (nSPS) is 18.4. The molecule has 0 aromatic heterocycles. The molecule has 1 rings (SSSR count).